The molecule has 2 nitrogen and oxygen atoms in total. The van der Waals surface area contributed by atoms with E-state index in [0.717, 1.165) is 19.4 Å². The molecular weight excluding hydrogens is 198 g/mol. The Balaban J connectivity index is 2.15. The molecule has 86 valence electrons. The molecule has 1 unspecified atom stereocenters. The maximum atomic E-state index is 11.5. The summed E-state index contributed by atoms with van der Waals surface area (Å²) in [5.41, 5.74) is 1.33. The maximum Gasteiger partial charge on any atom is 0.219 e. The molecule has 1 aromatic carbocycles. The second-order valence-electron chi connectivity index (χ2n) is 4.62. The summed E-state index contributed by atoms with van der Waals surface area (Å²) in [6.45, 7) is 4.83. The summed E-state index contributed by atoms with van der Waals surface area (Å²) in [5, 5.41) is 0. The van der Waals surface area contributed by atoms with E-state index < -0.39 is 0 Å². The summed E-state index contributed by atoms with van der Waals surface area (Å²) in [4.78, 5) is 13.5. The summed E-state index contributed by atoms with van der Waals surface area (Å²) in [6, 6.07) is 10.9. The average Bonchev–Trinajstić information content (AvgIpc) is 2.78. The molecular formula is C14H19NO. The largest absolute Gasteiger partial charge is 0.339 e. The van der Waals surface area contributed by atoms with Crippen molar-refractivity contribution in [2.75, 3.05) is 6.54 Å². The summed E-state index contributed by atoms with van der Waals surface area (Å²) < 4.78 is 0. The number of benzene rings is 1. The Morgan fingerprint density at radius 3 is 2.69 bits per heavy atom. The molecule has 1 aromatic rings. The van der Waals surface area contributed by atoms with Crippen LogP contribution in [0.5, 0.6) is 0 Å². The lowest BCUT2D eigenvalue weighted by atomic mass is 9.92. The van der Waals surface area contributed by atoms with Gasteiger partial charge in [-0.2, -0.15) is 0 Å². The molecule has 1 aliphatic rings. The van der Waals surface area contributed by atoms with Crippen LogP contribution in [-0.4, -0.2) is 23.4 Å². The standard InChI is InChI=1S/C14H19NO/c1-11(13-7-4-3-5-8-13)14-9-6-10-15(14)12(2)16/h3-5,7-8,11,14H,6,9-10H2,1-2H3/t11?,14-/m0/s1. The number of carbonyl (C=O) groups excluding carboxylic acids is 1. The van der Waals surface area contributed by atoms with Crippen LogP contribution in [0.25, 0.3) is 0 Å². The van der Waals surface area contributed by atoms with Crippen LogP contribution in [0.3, 0.4) is 0 Å². The first kappa shape index (κ1) is 11.2. The topological polar surface area (TPSA) is 20.3 Å². The summed E-state index contributed by atoms with van der Waals surface area (Å²) in [6.07, 6.45) is 2.27. The summed E-state index contributed by atoms with van der Waals surface area (Å²) in [5.74, 6) is 0.651. The number of hydrogen-bond donors (Lipinski definition) is 0. The Morgan fingerprint density at radius 2 is 2.06 bits per heavy atom. The molecule has 2 atom stereocenters. The highest BCUT2D eigenvalue weighted by molar-refractivity contribution is 5.74. The molecule has 1 amide bonds. The molecule has 1 saturated heterocycles. The quantitative estimate of drug-likeness (QED) is 0.746. The predicted octanol–water partition coefficient (Wildman–Crippen LogP) is 2.80. The molecule has 2 rings (SSSR count). The van der Waals surface area contributed by atoms with E-state index in [-0.39, 0.29) is 5.91 Å². The Kier molecular flexibility index (Phi) is 3.28. The lowest BCUT2D eigenvalue weighted by Crippen LogP contribution is -2.36. The second-order valence-corrected chi connectivity index (χ2v) is 4.62. The van der Waals surface area contributed by atoms with Crippen LogP contribution in [0.1, 0.15) is 38.2 Å². The average molecular weight is 217 g/mol. The molecule has 0 aliphatic carbocycles. The van der Waals surface area contributed by atoms with E-state index in [0.29, 0.717) is 12.0 Å². The van der Waals surface area contributed by atoms with Crippen molar-refractivity contribution in [3.63, 3.8) is 0 Å². The fourth-order valence-electron chi connectivity index (χ4n) is 2.68. The number of rotatable bonds is 2. The zero-order valence-electron chi connectivity index (χ0n) is 10.0. The first-order chi connectivity index (χ1) is 7.70. The molecule has 1 heterocycles. The van der Waals surface area contributed by atoms with Gasteiger partial charge in [0.1, 0.15) is 0 Å². The number of carbonyl (C=O) groups is 1. The molecule has 1 aliphatic heterocycles. The fraction of sp³-hybridized carbons (Fsp3) is 0.500. The van der Waals surface area contributed by atoms with Crippen molar-refractivity contribution in [1.29, 1.82) is 0 Å². The van der Waals surface area contributed by atoms with E-state index in [2.05, 4.69) is 31.2 Å². The number of hydrogen-bond acceptors (Lipinski definition) is 1. The van der Waals surface area contributed by atoms with Crippen molar-refractivity contribution >= 4 is 5.91 Å². The molecule has 2 heteroatoms. The van der Waals surface area contributed by atoms with E-state index in [1.807, 2.05) is 11.0 Å². The Morgan fingerprint density at radius 1 is 1.38 bits per heavy atom. The number of likely N-dealkylation sites (tertiary alicyclic amines) is 1. The van der Waals surface area contributed by atoms with Gasteiger partial charge < -0.3 is 4.90 Å². The summed E-state index contributed by atoms with van der Waals surface area (Å²) in [7, 11) is 0. The minimum atomic E-state index is 0.213. The lowest BCUT2D eigenvalue weighted by Gasteiger charge is -2.29. The van der Waals surface area contributed by atoms with Gasteiger partial charge in [-0.3, -0.25) is 4.79 Å². The zero-order chi connectivity index (χ0) is 11.5. The molecule has 0 bridgehead atoms. The first-order valence-corrected chi connectivity index (χ1v) is 6.02. The van der Waals surface area contributed by atoms with Crippen molar-refractivity contribution in [2.45, 2.75) is 38.6 Å². The van der Waals surface area contributed by atoms with Crippen LogP contribution >= 0.6 is 0 Å². The third-order valence-corrected chi connectivity index (χ3v) is 3.61. The zero-order valence-corrected chi connectivity index (χ0v) is 10.0. The van der Waals surface area contributed by atoms with Gasteiger partial charge in [0.2, 0.25) is 5.91 Å². The van der Waals surface area contributed by atoms with E-state index in [1.165, 1.54) is 5.56 Å². The predicted molar refractivity (Wildman–Crippen MR) is 65.3 cm³/mol. The van der Waals surface area contributed by atoms with Crippen LogP contribution in [0.4, 0.5) is 0 Å². The fourth-order valence-corrected chi connectivity index (χ4v) is 2.68. The smallest absolute Gasteiger partial charge is 0.219 e. The molecule has 0 radical (unpaired) electrons. The van der Waals surface area contributed by atoms with E-state index in [9.17, 15) is 4.79 Å². The highest BCUT2D eigenvalue weighted by atomic mass is 16.2. The first-order valence-electron chi connectivity index (χ1n) is 6.02. The molecule has 16 heavy (non-hydrogen) atoms. The van der Waals surface area contributed by atoms with Crippen molar-refractivity contribution in [3.8, 4) is 0 Å². The minimum absolute atomic E-state index is 0.213. The van der Waals surface area contributed by atoms with Gasteiger partial charge in [0.05, 0.1) is 0 Å². The molecule has 0 aromatic heterocycles. The maximum absolute atomic E-state index is 11.5. The van der Waals surface area contributed by atoms with Crippen LogP contribution in [-0.2, 0) is 4.79 Å². The number of nitrogens with zero attached hydrogens (tertiary/aromatic N) is 1. The van der Waals surface area contributed by atoms with Crippen LogP contribution in [0.15, 0.2) is 30.3 Å². The second kappa shape index (κ2) is 4.69. The number of amides is 1. The van der Waals surface area contributed by atoms with Crippen LogP contribution in [0, 0.1) is 0 Å². The highest BCUT2D eigenvalue weighted by Crippen LogP contribution is 2.30. The van der Waals surface area contributed by atoms with Crippen molar-refractivity contribution < 1.29 is 4.79 Å². The molecule has 1 fully saturated rings. The molecule has 0 spiro atoms. The van der Waals surface area contributed by atoms with Crippen molar-refractivity contribution in [3.05, 3.63) is 35.9 Å². The monoisotopic (exact) mass is 217 g/mol. The van der Waals surface area contributed by atoms with E-state index in [1.54, 1.807) is 6.92 Å². The molecule has 0 N–H and O–H groups in total. The van der Waals surface area contributed by atoms with Gasteiger partial charge in [-0.05, 0) is 18.4 Å². The van der Waals surface area contributed by atoms with Crippen molar-refractivity contribution in [2.24, 2.45) is 0 Å². The Labute approximate surface area is 97.3 Å². The van der Waals surface area contributed by atoms with Gasteiger partial charge in [-0.1, -0.05) is 37.3 Å². The third kappa shape index (κ3) is 2.11. The van der Waals surface area contributed by atoms with Gasteiger partial charge in [-0.25, -0.2) is 0 Å². The van der Waals surface area contributed by atoms with Gasteiger partial charge in [0.25, 0.3) is 0 Å². The summed E-state index contributed by atoms with van der Waals surface area (Å²) >= 11 is 0. The third-order valence-electron chi connectivity index (χ3n) is 3.61. The highest BCUT2D eigenvalue weighted by Gasteiger charge is 2.31. The van der Waals surface area contributed by atoms with Gasteiger partial charge in [0.15, 0.2) is 0 Å². The normalized spacial score (nSPS) is 22.1. The van der Waals surface area contributed by atoms with Gasteiger partial charge in [-0.15, -0.1) is 0 Å². The van der Waals surface area contributed by atoms with Crippen LogP contribution in [0.2, 0.25) is 0 Å². The lowest BCUT2D eigenvalue weighted by molar-refractivity contribution is -0.129. The van der Waals surface area contributed by atoms with E-state index in [4.69, 9.17) is 0 Å². The van der Waals surface area contributed by atoms with Gasteiger partial charge in [0, 0.05) is 25.4 Å². The molecule has 0 saturated carbocycles. The minimum Gasteiger partial charge on any atom is -0.339 e. The Hall–Kier alpha value is -1.31. The Bertz CT molecular complexity index is 360. The SMILES string of the molecule is CC(=O)N1CCC[C@H]1C(C)c1ccccc1. The van der Waals surface area contributed by atoms with E-state index >= 15 is 0 Å². The van der Waals surface area contributed by atoms with Gasteiger partial charge >= 0.3 is 0 Å². The van der Waals surface area contributed by atoms with Crippen LogP contribution < -0.4 is 0 Å². The van der Waals surface area contributed by atoms with Crippen molar-refractivity contribution in [1.82, 2.24) is 4.90 Å².